The number of aromatic nitrogens is 1. The lowest BCUT2D eigenvalue weighted by Crippen LogP contribution is -2.38. The zero-order valence-electron chi connectivity index (χ0n) is 11.3. The molecule has 0 spiro atoms. The van der Waals surface area contributed by atoms with Crippen LogP contribution in [0.2, 0.25) is 0 Å². The number of oxazole rings is 1. The van der Waals surface area contributed by atoms with Crippen LogP contribution in [0.1, 0.15) is 11.5 Å². The summed E-state index contributed by atoms with van der Waals surface area (Å²) in [6.07, 6.45) is 0. The van der Waals surface area contributed by atoms with Crippen molar-refractivity contribution in [2.45, 2.75) is 13.5 Å². The van der Waals surface area contributed by atoms with Gasteiger partial charge < -0.3 is 9.15 Å². The standard InChI is InChI=1S/C13H17N3O3/c1-9-14-11-6-10(4-5-12(11)19-9)7-18-8-13(17)15-16(2)3/h4-6H,7-8H2,1-3H3,(H,15,17). The number of hydrogen-bond acceptors (Lipinski definition) is 5. The van der Waals surface area contributed by atoms with Gasteiger partial charge in [-0.1, -0.05) is 6.07 Å². The van der Waals surface area contributed by atoms with Crippen molar-refractivity contribution < 1.29 is 13.9 Å². The minimum absolute atomic E-state index is 0.0219. The second-order valence-electron chi connectivity index (χ2n) is 4.46. The van der Waals surface area contributed by atoms with Crippen LogP contribution < -0.4 is 5.43 Å². The van der Waals surface area contributed by atoms with E-state index < -0.39 is 0 Å². The van der Waals surface area contributed by atoms with Gasteiger partial charge in [-0.3, -0.25) is 10.2 Å². The molecule has 0 aliphatic rings. The Bertz CT molecular complexity index is 578. The summed E-state index contributed by atoms with van der Waals surface area (Å²) in [4.78, 5) is 15.6. The van der Waals surface area contributed by atoms with E-state index in [0.29, 0.717) is 12.5 Å². The van der Waals surface area contributed by atoms with E-state index in [9.17, 15) is 4.79 Å². The van der Waals surface area contributed by atoms with Crippen molar-refractivity contribution in [1.29, 1.82) is 0 Å². The lowest BCUT2D eigenvalue weighted by molar-refractivity contribution is -0.129. The Balaban J connectivity index is 1.89. The Morgan fingerprint density at radius 3 is 3.00 bits per heavy atom. The largest absolute Gasteiger partial charge is 0.441 e. The average Bonchev–Trinajstić information content (AvgIpc) is 2.67. The molecule has 1 amide bonds. The first-order valence-electron chi connectivity index (χ1n) is 5.95. The van der Waals surface area contributed by atoms with Gasteiger partial charge in [0.1, 0.15) is 12.1 Å². The van der Waals surface area contributed by atoms with Gasteiger partial charge in [-0.2, -0.15) is 0 Å². The molecule has 6 heteroatoms. The molecule has 2 aromatic rings. The number of aryl methyl sites for hydroxylation is 1. The van der Waals surface area contributed by atoms with Gasteiger partial charge in [0.05, 0.1) is 6.61 Å². The highest BCUT2D eigenvalue weighted by atomic mass is 16.5. The summed E-state index contributed by atoms with van der Waals surface area (Å²) in [7, 11) is 3.50. The number of nitrogens with one attached hydrogen (secondary N) is 1. The molecule has 19 heavy (non-hydrogen) atoms. The van der Waals surface area contributed by atoms with Crippen LogP contribution in [-0.4, -0.2) is 36.6 Å². The molecule has 0 atom stereocenters. The smallest absolute Gasteiger partial charge is 0.260 e. The zero-order chi connectivity index (χ0) is 13.8. The van der Waals surface area contributed by atoms with E-state index in [1.165, 1.54) is 0 Å². The van der Waals surface area contributed by atoms with Crippen LogP contribution in [0.5, 0.6) is 0 Å². The zero-order valence-corrected chi connectivity index (χ0v) is 11.3. The van der Waals surface area contributed by atoms with Crippen molar-refractivity contribution in [2.75, 3.05) is 20.7 Å². The van der Waals surface area contributed by atoms with Crippen molar-refractivity contribution >= 4 is 17.0 Å². The fourth-order valence-electron chi connectivity index (χ4n) is 1.72. The van der Waals surface area contributed by atoms with Crippen molar-refractivity contribution in [1.82, 2.24) is 15.4 Å². The first kappa shape index (κ1) is 13.5. The van der Waals surface area contributed by atoms with Crippen LogP contribution in [0.3, 0.4) is 0 Å². The summed E-state index contributed by atoms with van der Waals surface area (Å²) in [5.41, 5.74) is 5.12. The molecule has 0 bridgehead atoms. The maximum Gasteiger partial charge on any atom is 0.260 e. The van der Waals surface area contributed by atoms with E-state index in [-0.39, 0.29) is 12.5 Å². The summed E-state index contributed by atoms with van der Waals surface area (Å²) >= 11 is 0. The number of fused-ring (bicyclic) bond motifs is 1. The number of hydrogen-bond donors (Lipinski definition) is 1. The highest BCUT2D eigenvalue weighted by Crippen LogP contribution is 2.17. The van der Waals surface area contributed by atoms with E-state index in [1.807, 2.05) is 25.1 Å². The van der Waals surface area contributed by atoms with Crippen LogP contribution in [0.15, 0.2) is 22.6 Å². The molecule has 6 nitrogen and oxygen atoms in total. The molecule has 0 saturated carbocycles. The van der Waals surface area contributed by atoms with Crippen molar-refractivity contribution in [2.24, 2.45) is 0 Å². The third kappa shape index (κ3) is 3.77. The van der Waals surface area contributed by atoms with Crippen LogP contribution in [0, 0.1) is 6.92 Å². The van der Waals surface area contributed by atoms with Gasteiger partial charge in [0.15, 0.2) is 11.5 Å². The van der Waals surface area contributed by atoms with Gasteiger partial charge in [0.2, 0.25) is 0 Å². The third-order valence-electron chi connectivity index (χ3n) is 2.41. The second-order valence-corrected chi connectivity index (χ2v) is 4.46. The van der Waals surface area contributed by atoms with Crippen LogP contribution >= 0.6 is 0 Å². The van der Waals surface area contributed by atoms with Gasteiger partial charge in [-0.05, 0) is 17.7 Å². The summed E-state index contributed by atoms with van der Waals surface area (Å²) in [5.74, 6) is 0.460. The molecule has 1 N–H and O–H groups in total. The molecule has 0 fully saturated rings. The first-order valence-corrected chi connectivity index (χ1v) is 5.95. The summed E-state index contributed by atoms with van der Waals surface area (Å²) < 4.78 is 10.7. The maximum absolute atomic E-state index is 11.4. The molecular weight excluding hydrogens is 246 g/mol. The van der Waals surface area contributed by atoms with E-state index in [0.717, 1.165) is 16.7 Å². The Hall–Kier alpha value is -1.92. The minimum Gasteiger partial charge on any atom is -0.441 e. The third-order valence-corrected chi connectivity index (χ3v) is 2.41. The number of rotatable bonds is 5. The lowest BCUT2D eigenvalue weighted by Gasteiger charge is -2.11. The molecule has 1 aromatic carbocycles. The van der Waals surface area contributed by atoms with Crippen LogP contribution in [-0.2, 0) is 16.1 Å². The fourth-order valence-corrected chi connectivity index (χ4v) is 1.72. The predicted molar refractivity (Wildman–Crippen MR) is 70.2 cm³/mol. The van der Waals surface area contributed by atoms with Crippen molar-refractivity contribution in [3.05, 3.63) is 29.7 Å². The van der Waals surface area contributed by atoms with Gasteiger partial charge in [0, 0.05) is 21.0 Å². The summed E-state index contributed by atoms with van der Waals surface area (Å²) in [5, 5.41) is 1.58. The highest BCUT2D eigenvalue weighted by molar-refractivity contribution is 5.76. The second kappa shape index (κ2) is 5.81. The lowest BCUT2D eigenvalue weighted by atomic mass is 10.2. The van der Waals surface area contributed by atoms with Gasteiger partial charge >= 0.3 is 0 Å². The van der Waals surface area contributed by atoms with E-state index >= 15 is 0 Å². The number of carbonyl (C=O) groups excluding carboxylic acids is 1. The predicted octanol–water partition coefficient (Wildman–Crippen LogP) is 1.25. The summed E-state index contributed by atoms with van der Waals surface area (Å²) in [6, 6.07) is 5.65. The number of amides is 1. The Morgan fingerprint density at radius 2 is 2.26 bits per heavy atom. The number of benzene rings is 1. The normalized spacial score (nSPS) is 11.2. The molecule has 2 rings (SSSR count). The van der Waals surface area contributed by atoms with Gasteiger partial charge in [0.25, 0.3) is 5.91 Å². The number of ether oxygens (including phenoxy) is 1. The molecule has 0 radical (unpaired) electrons. The Morgan fingerprint density at radius 1 is 1.47 bits per heavy atom. The molecule has 1 heterocycles. The van der Waals surface area contributed by atoms with Gasteiger partial charge in [-0.15, -0.1) is 0 Å². The Kier molecular flexibility index (Phi) is 4.13. The van der Waals surface area contributed by atoms with Gasteiger partial charge in [-0.25, -0.2) is 9.99 Å². The minimum atomic E-state index is -0.177. The topological polar surface area (TPSA) is 67.6 Å². The molecule has 1 aromatic heterocycles. The number of nitrogens with zero attached hydrogens (tertiary/aromatic N) is 2. The average molecular weight is 263 g/mol. The molecule has 102 valence electrons. The summed E-state index contributed by atoms with van der Waals surface area (Å²) in [6.45, 7) is 2.19. The molecule has 0 unspecified atom stereocenters. The SMILES string of the molecule is Cc1nc2cc(COCC(=O)NN(C)C)ccc2o1. The Labute approximate surface area is 111 Å². The van der Waals surface area contributed by atoms with Crippen LogP contribution in [0.25, 0.3) is 11.1 Å². The highest BCUT2D eigenvalue weighted by Gasteiger charge is 2.05. The molecule has 0 saturated heterocycles. The quantitative estimate of drug-likeness (QED) is 0.822. The van der Waals surface area contributed by atoms with Crippen molar-refractivity contribution in [3.8, 4) is 0 Å². The first-order chi connectivity index (χ1) is 9.04. The molecule has 0 aliphatic carbocycles. The maximum atomic E-state index is 11.4. The molecular formula is C13H17N3O3. The number of carbonyl (C=O) groups is 1. The van der Waals surface area contributed by atoms with Crippen molar-refractivity contribution in [3.63, 3.8) is 0 Å². The van der Waals surface area contributed by atoms with Crippen LogP contribution in [0.4, 0.5) is 0 Å². The van der Waals surface area contributed by atoms with E-state index in [4.69, 9.17) is 9.15 Å². The fraction of sp³-hybridized carbons (Fsp3) is 0.385. The van der Waals surface area contributed by atoms with E-state index in [2.05, 4.69) is 10.4 Å². The monoisotopic (exact) mass is 263 g/mol. The number of hydrazine groups is 1. The molecule has 0 aliphatic heterocycles. The van der Waals surface area contributed by atoms with E-state index in [1.54, 1.807) is 19.1 Å².